The molecule has 0 spiro atoms. The molecule has 0 bridgehead atoms. The number of thioether (sulfide) groups is 1. The van der Waals surface area contributed by atoms with E-state index in [0.717, 1.165) is 10.3 Å². The van der Waals surface area contributed by atoms with Crippen LogP contribution in [0.4, 0.5) is 0 Å². The number of unbranched alkanes of at least 4 members (excludes halogenated alkanes) is 1. The monoisotopic (exact) mass is 534 g/mol. The van der Waals surface area contributed by atoms with E-state index >= 15 is 0 Å². The van der Waals surface area contributed by atoms with Gasteiger partial charge in [0.2, 0.25) is 5.91 Å². The van der Waals surface area contributed by atoms with Crippen LogP contribution in [0.5, 0.6) is 5.75 Å². The topological polar surface area (TPSA) is 144 Å². The Labute approximate surface area is 225 Å². The van der Waals surface area contributed by atoms with Crippen molar-refractivity contribution in [3.8, 4) is 17.6 Å². The van der Waals surface area contributed by atoms with E-state index in [2.05, 4.69) is 22.1 Å². The Balaban J connectivity index is 1.47. The summed E-state index contributed by atoms with van der Waals surface area (Å²) in [6.07, 6.45) is 1.69. The molecule has 1 aromatic heterocycles. The third kappa shape index (κ3) is 8.50. The highest BCUT2D eigenvalue weighted by Crippen LogP contribution is 2.28. The number of hydrogen-bond donors (Lipinski definition) is 4. The summed E-state index contributed by atoms with van der Waals surface area (Å²) in [6, 6.07) is 16.3. The Morgan fingerprint density at radius 1 is 1.13 bits per heavy atom. The maximum atomic E-state index is 12.5. The summed E-state index contributed by atoms with van der Waals surface area (Å²) in [5.74, 6) is 4.87. The van der Waals surface area contributed by atoms with Gasteiger partial charge in [0.05, 0.1) is 28.4 Å². The van der Waals surface area contributed by atoms with E-state index in [9.17, 15) is 14.4 Å². The number of nitrogens with zero attached hydrogens (tertiary/aromatic N) is 1. The van der Waals surface area contributed by atoms with E-state index in [-0.39, 0.29) is 17.9 Å². The molecule has 1 atom stereocenters. The number of primary amides is 1. The molecule has 5 N–H and O–H groups in total. The fourth-order valence-electron chi connectivity index (χ4n) is 3.69. The van der Waals surface area contributed by atoms with Gasteiger partial charge in [0.1, 0.15) is 12.4 Å². The molecule has 38 heavy (non-hydrogen) atoms. The first kappa shape index (κ1) is 28.5. The number of aromatic nitrogens is 1. The largest absolute Gasteiger partial charge is 0.481 e. The molecule has 198 valence electrons. The Hall–Kier alpha value is -4.07. The zero-order valence-electron chi connectivity index (χ0n) is 21.0. The van der Waals surface area contributed by atoms with Gasteiger partial charge in [-0.25, -0.2) is 5.48 Å². The van der Waals surface area contributed by atoms with Crippen LogP contribution >= 0.6 is 11.8 Å². The Kier molecular flexibility index (Phi) is 11.0. The molecule has 1 heterocycles. The van der Waals surface area contributed by atoms with Crippen LogP contribution in [0.2, 0.25) is 0 Å². The molecule has 3 amide bonds. The summed E-state index contributed by atoms with van der Waals surface area (Å²) in [4.78, 5) is 41.9. The summed E-state index contributed by atoms with van der Waals surface area (Å²) in [5, 5.41) is 12.2. The molecule has 3 aromatic rings. The fraction of sp³-hybridized carbons (Fsp3) is 0.286. The van der Waals surface area contributed by atoms with E-state index in [1.807, 2.05) is 36.4 Å². The second-order valence-electron chi connectivity index (χ2n) is 8.33. The van der Waals surface area contributed by atoms with Gasteiger partial charge in [0.25, 0.3) is 11.8 Å². The number of benzene rings is 2. The first-order valence-corrected chi connectivity index (χ1v) is 13.0. The number of ether oxygens (including phenoxy) is 1. The lowest BCUT2D eigenvalue weighted by Crippen LogP contribution is -2.30. The van der Waals surface area contributed by atoms with Crippen molar-refractivity contribution in [3.05, 3.63) is 65.9 Å². The molecule has 0 aliphatic rings. The van der Waals surface area contributed by atoms with Crippen LogP contribution in [0.15, 0.2) is 59.5 Å². The van der Waals surface area contributed by atoms with Crippen molar-refractivity contribution < 1.29 is 24.3 Å². The fourth-order valence-corrected chi connectivity index (χ4v) is 4.75. The Bertz CT molecular complexity index is 1330. The van der Waals surface area contributed by atoms with Crippen LogP contribution in [-0.4, -0.2) is 46.3 Å². The van der Waals surface area contributed by atoms with Crippen molar-refractivity contribution in [2.24, 2.45) is 5.73 Å². The van der Waals surface area contributed by atoms with Gasteiger partial charge >= 0.3 is 0 Å². The van der Waals surface area contributed by atoms with Crippen LogP contribution in [0.1, 0.15) is 42.2 Å². The van der Waals surface area contributed by atoms with Gasteiger partial charge < -0.3 is 15.8 Å². The normalized spacial score (nSPS) is 11.2. The molecule has 10 heteroatoms. The van der Waals surface area contributed by atoms with Crippen molar-refractivity contribution >= 4 is 40.4 Å². The number of carbonyl (C=O) groups excluding carboxylic acids is 3. The van der Waals surface area contributed by atoms with E-state index in [1.54, 1.807) is 30.6 Å². The average molecular weight is 535 g/mol. The molecule has 2 aromatic carbocycles. The third-order valence-corrected chi connectivity index (χ3v) is 6.88. The summed E-state index contributed by atoms with van der Waals surface area (Å²) < 4.78 is 5.50. The minimum absolute atomic E-state index is 0.0702. The standard InChI is InChI=1S/C28H30N4O5S/c1-2-3-16-37-20-11-13-21(14-12-20)38-25(28(35)32-36)10-6-7-15-30-26(33)18-24-22(27(29)34)17-19-8-4-5-9-23(19)31-24/h4-5,8-9,11-14,17,25,36H,6-7,10,15-16,18H2,1H3,(H2,29,34)(H,30,33)(H,32,35). The first-order chi connectivity index (χ1) is 18.4. The van der Waals surface area contributed by atoms with Crippen molar-refractivity contribution in [2.75, 3.05) is 13.2 Å². The minimum Gasteiger partial charge on any atom is -0.481 e. The highest BCUT2D eigenvalue weighted by Gasteiger charge is 2.19. The summed E-state index contributed by atoms with van der Waals surface area (Å²) in [5.41, 5.74) is 8.47. The maximum absolute atomic E-state index is 12.5. The van der Waals surface area contributed by atoms with E-state index < -0.39 is 17.1 Å². The summed E-state index contributed by atoms with van der Waals surface area (Å²) in [6.45, 7) is 2.44. The molecule has 0 radical (unpaired) electrons. The Morgan fingerprint density at radius 2 is 1.89 bits per heavy atom. The number of hydrogen-bond acceptors (Lipinski definition) is 7. The highest BCUT2D eigenvalue weighted by molar-refractivity contribution is 8.00. The number of fused-ring (bicyclic) bond motifs is 1. The average Bonchev–Trinajstić information content (AvgIpc) is 2.92. The highest BCUT2D eigenvalue weighted by atomic mass is 32.2. The number of rotatable bonds is 13. The Morgan fingerprint density at radius 3 is 2.61 bits per heavy atom. The molecule has 0 fully saturated rings. The second-order valence-corrected chi connectivity index (χ2v) is 9.61. The van der Waals surface area contributed by atoms with Crippen molar-refractivity contribution in [3.63, 3.8) is 0 Å². The van der Waals surface area contributed by atoms with Gasteiger partial charge in [0.15, 0.2) is 0 Å². The molecular formula is C28H30N4O5S. The van der Waals surface area contributed by atoms with Gasteiger partial charge in [-0.15, -0.1) is 17.7 Å². The molecule has 3 rings (SSSR count). The predicted molar refractivity (Wildman–Crippen MR) is 146 cm³/mol. The lowest BCUT2D eigenvalue weighted by molar-refractivity contribution is -0.128. The molecule has 0 aliphatic heterocycles. The number of nitrogens with one attached hydrogen (secondary N) is 2. The molecule has 9 nitrogen and oxygen atoms in total. The number of hydroxylamine groups is 1. The molecule has 0 saturated carbocycles. The SMILES string of the molecule is CC#CCOc1ccc(SC(CCCCNC(=O)Cc2nc3ccccc3cc2C(N)=O)C(=O)NO)cc1. The van der Waals surface area contributed by atoms with Crippen LogP contribution in [-0.2, 0) is 16.0 Å². The summed E-state index contributed by atoms with van der Waals surface area (Å²) in [7, 11) is 0. The lowest BCUT2D eigenvalue weighted by atomic mass is 10.1. The van der Waals surface area contributed by atoms with Crippen LogP contribution in [0.25, 0.3) is 10.9 Å². The van der Waals surface area contributed by atoms with Gasteiger partial charge in [-0.3, -0.25) is 24.6 Å². The lowest BCUT2D eigenvalue weighted by Gasteiger charge is -2.15. The van der Waals surface area contributed by atoms with Crippen molar-refractivity contribution in [2.45, 2.75) is 42.8 Å². The predicted octanol–water partition coefficient (Wildman–Crippen LogP) is 3.23. The van der Waals surface area contributed by atoms with E-state index in [0.29, 0.717) is 49.4 Å². The smallest absolute Gasteiger partial charge is 0.256 e. The molecule has 1 unspecified atom stereocenters. The molecule has 0 aliphatic carbocycles. The summed E-state index contributed by atoms with van der Waals surface area (Å²) >= 11 is 1.33. The number of para-hydroxylation sites is 1. The number of nitrogens with two attached hydrogens (primary N) is 1. The van der Waals surface area contributed by atoms with Crippen LogP contribution in [0.3, 0.4) is 0 Å². The van der Waals surface area contributed by atoms with Crippen LogP contribution < -0.4 is 21.3 Å². The number of carbonyl (C=O) groups is 3. The van der Waals surface area contributed by atoms with E-state index in [1.165, 1.54) is 11.8 Å². The third-order valence-electron chi connectivity index (χ3n) is 5.60. The molecule has 0 saturated heterocycles. The van der Waals surface area contributed by atoms with E-state index in [4.69, 9.17) is 15.7 Å². The van der Waals surface area contributed by atoms with Gasteiger partial charge in [-0.05, 0) is 56.2 Å². The number of pyridine rings is 1. The van der Waals surface area contributed by atoms with Crippen LogP contribution in [0, 0.1) is 11.8 Å². The van der Waals surface area contributed by atoms with Gasteiger partial charge in [-0.2, -0.15) is 0 Å². The number of amides is 3. The maximum Gasteiger partial charge on any atom is 0.256 e. The van der Waals surface area contributed by atoms with Gasteiger partial charge in [-0.1, -0.05) is 30.5 Å². The van der Waals surface area contributed by atoms with Crippen molar-refractivity contribution in [1.82, 2.24) is 15.8 Å². The molecular weight excluding hydrogens is 504 g/mol. The zero-order valence-corrected chi connectivity index (χ0v) is 21.8. The first-order valence-electron chi connectivity index (χ1n) is 12.1. The second kappa shape index (κ2) is 14.6. The minimum atomic E-state index is -0.635. The zero-order chi connectivity index (χ0) is 27.3. The van der Waals surface area contributed by atoms with Crippen molar-refractivity contribution in [1.29, 1.82) is 0 Å². The quantitative estimate of drug-likeness (QED) is 0.0866. The van der Waals surface area contributed by atoms with Gasteiger partial charge in [0, 0.05) is 16.8 Å².